The summed E-state index contributed by atoms with van der Waals surface area (Å²) in [7, 11) is 1.89. The molecule has 0 spiro atoms. The Morgan fingerprint density at radius 1 is 1.10 bits per heavy atom. The van der Waals surface area contributed by atoms with E-state index in [1.54, 1.807) is 24.2 Å². The predicted molar refractivity (Wildman–Crippen MR) is 147 cm³/mol. The monoisotopic (exact) mass is 587 g/mol. The van der Waals surface area contributed by atoms with E-state index >= 15 is 0 Å². The topological polar surface area (TPSA) is 54.3 Å². The van der Waals surface area contributed by atoms with Crippen molar-refractivity contribution in [1.82, 2.24) is 19.7 Å². The third-order valence-electron chi connectivity index (χ3n) is 9.55. The molecule has 2 fully saturated rings. The first-order valence-electron chi connectivity index (χ1n) is 14.5. The Morgan fingerprint density at radius 2 is 1.86 bits per heavy atom. The van der Waals surface area contributed by atoms with Crippen molar-refractivity contribution >= 4 is 11.6 Å². The number of benzene rings is 2. The highest BCUT2D eigenvalue weighted by atomic mass is 19.4. The Bertz CT molecular complexity index is 1500. The Labute approximate surface area is 241 Å². The first kappa shape index (κ1) is 28.8. The molecule has 1 saturated carbocycles. The average molecular weight is 588 g/mol. The Morgan fingerprint density at radius 3 is 2.48 bits per heavy atom. The molecule has 6 rings (SSSR count). The van der Waals surface area contributed by atoms with Crippen molar-refractivity contribution < 1.29 is 26.7 Å². The summed E-state index contributed by atoms with van der Waals surface area (Å²) in [6.45, 7) is 3.10. The van der Waals surface area contributed by atoms with E-state index in [1.165, 1.54) is 17.9 Å². The Kier molecular flexibility index (Phi) is 7.14. The molecule has 2 aliphatic heterocycles. The Balaban J connectivity index is 1.34. The number of rotatable bonds is 6. The van der Waals surface area contributed by atoms with Crippen LogP contribution < -0.4 is 4.90 Å². The minimum atomic E-state index is -4.68. The fraction of sp³-hybridized carbons (Fsp3) is 0.516. The van der Waals surface area contributed by atoms with Crippen LogP contribution >= 0.6 is 0 Å². The van der Waals surface area contributed by atoms with Gasteiger partial charge in [0, 0.05) is 55.7 Å². The van der Waals surface area contributed by atoms with Crippen molar-refractivity contribution in [1.29, 1.82) is 0 Å². The zero-order valence-electron chi connectivity index (χ0n) is 23.8. The summed E-state index contributed by atoms with van der Waals surface area (Å²) in [6.07, 6.45) is -0.176. The van der Waals surface area contributed by atoms with Gasteiger partial charge in [-0.15, -0.1) is 10.2 Å². The number of nitrogens with zero attached hydrogens (tertiary/aromatic N) is 5. The van der Waals surface area contributed by atoms with Gasteiger partial charge in [-0.1, -0.05) is 25.5 Å². The Hall–Kier alpha value is -3.34. The fourth-order valence-corrected chi connectivity index (χ4v) is 6.68. The van der Waals surface area contributed by atoms with E-state index in [2.05, 4.69) is 10.2 Å². The van der Waals surface area contributed by atoms with Gasteiger partial charge >= 0.3 is 6.18 Å². The number of amides is 1. The van der Waals surface area contributed by atoms with E-state index in [1.807, 2.05) is 29.8 Å². The molecule has 1 amide bonds. The van der Waals surface area contributed by atoms with Crippen molar-refractivity contribution in [3.05, 3.63) is 76.4 Å². The van der Waals surface area contributed by atoms with E-state index in [4.69, 9.17) is 0 Å². The molecular formula is C31H34F5N5O. The number of anilines is 1. The first-order chi connectivity index (χ1) is 19.8. The van der Waals surface area contributed by atoms with Crippen LogP contribution in [0.2, 0.25) is 0 Å². The van der Waals surface area contributed by atoms with Gasteiger partial charge in [-0.3, -0.25) is 9.69 Å². The third kappa shape index (κ3) is 4.99. The van der Waals surface area contributed by atoms with Gasteiger partial charge in [0.25, 0.3) is 11.8 Å². The SMILES string of the molecule is CC(c1cc2c(c(C(F)(F)F)c1)CN(c1cccc([C@@H](c3nncn3C)C3CCC3)c1)C2=O)N1CCC(F)(F)C(C)C1. The lowest BCUT2D eigenvalue weighted by molar-refractivity contribution is -0.138. The predicted octanol–water partition coefficient (Wildman–Crippen LogP) is 6.96. The number of carbonyl (C=O) groups excluding carboxylic acids is 1. The third-order valence-corrected chi connectivity index (χ3v) is 9.55. The van der Waals surface area contributed by atoms with Crippen molar-refractivity contribution in [2.45, 2.75) is 70.1 Å². The number of alkyl halides is 5. The maximum atomic E-state index is 14.4. The second-order valence-corrected chi connectivity index (χ2v) is 12.1. The van der Waals surface area contributed by atoms with Crippen LogP contribution in [0.4, 0.5) is 27.6 Å². The highest BCUT2D eigenvalue weighted by Crippen LogP contribution is 2.45. The van der Waals surface area contributed by atoms with Gasteiger partial charge in [-0.2, -0.15) is 13.2 Å². The number of likely N-dealkylation sites (tertiary alicyclic amines) is 1. The summed E-state index contributed by atoms with van der Waals surface area (Å²) >= 11 is 0. The quantitative estimate of drug-likeness (QED) is 0.293. The summed E-state index contributed by atoms with van der Waals surface area (Å²) in [5, 5.41) is 8.40. The number of aromatic nitrogens is 3. The summed E-state index contributed by atoms with van der Waals surface area (Å²) in [5.41, 5.74) is 0.867. The summed E-state index contributed by atoms with van der Waals surface area (Å²) < 4.78 is 73.3. The lowest BCUT2D eigenvalue weighted by atomic mass is 9.72. The highest BCUT2D eigenvalue weighted by molar-refractivity contribution is 6.10. The van der Waals surface area contributed by atoms with Crippen LogP contribution in [0.5, 0.6) is 0 Å². The molecule has 224 valence electrons. The summed E-state index contributed by atoms with van der Waals surface area (Å²) in [5.74, 6) is -3.08. The van der Waals surface area contributed by atoms with E-state index in [0.717, 1.165) is 36.7 Å². The summed E-state index contributed by atoms with van der Waals surface area (Å²) in [4.78, 5) is 16.9. The lowest BCUT2D eigenvalue weighted by Gasteiger charge is -2.40. The van der Waals surface area contributed by atoms with Gasteiger partial charge in [0.05, 0.1) is 12.1 Å². The minimum absolute atomic E-state index is 0.0105. The first-order valence-corrected chi connectivity index (χ1v) is 14.5. The van der Waals surface area contributed by atoms with Gasteiger partial charge in [0.1, 0.15) is 12.2 Å². The van der Waals surface area contributed by atoms with E-state index in [0.29, 0.717) is 17.2 Å². The normalized spacial score (nSPS) is 22.6. The number of fused-ring (bicyclic) bond motifs is 1. The average Bonchev–Trinajstić information content (AvgIpc) is 3.48. The molecule has 0 radical (unpaired) electrons. The molecule has 1 saturated heterocycles. The minimum Gasteiger partial charge on any atom is -0.320 e. The van der Waals surface area contributed by atoms with Crippen molar-refractivity contribution in [3.8, 4) is 0 Å². The molecule has 6 nitrogen and oxygen atoms in total. The molecule has 3 atom stereocenters. The van der Waals surface area contributed by atoms with E-state index < -0.39 is 35.5 Å². The largest absolute Gasteiger partial charge is 0.416 e. The van der Waals surface area contributed by atoms with Crippen molar-refractivity contribution in [2.75, 3.05) is 18.0 Å². The molecule has 2 aromatic carbocycles. The van der Waals surface area contributed by atoms with Gasteiger partial charge in [-0.05, 0) is 66.6 Å². The standard InChI is InChI=1S/C31H34F5N5O/c1-18-15-40(11-10-30(18,32)33)19(2)22-13-24-25(26(14-22)31(34,35)36)16-41(29(24)42)23-9-5-8-21(12-23)27(20-6-4-7-20)28-38-37-17-39(28)3/h5,8-9,12-14,17-20,27H,4,6-7,10-11,15-16H2,1-3H3/t18?,19?,27-/m0/s1. The van der Waals surface area contributed by atoms with Crippen LogP contribution in [-0.4, -0.2) is 44.6 Å². The van der Waals surface area contributed by atoms with Gasteiger partial charge in [-0.25, -0.2) is 8.78 Å². The second kappa shape index (κ2) is 10.4. The van der Waals surface area contributed by atoms with Crippen LogP contribution in [0.25, 0.3) is 0 Å². The second-order valence-electron chi connectivity index (χ2n) is 12.1. The molecule has 42 heavy (non-hydrogen) atoms. The zero-order valence-corrected chi connectivity index (χ0v) is 23.8. The maximum absolute atomic E-state index is 14.4. The summed E-state index contributed by atoms with van der Waals surface area (Å²) in [6, 6.07) is 9.48. The van der Waals surface area contributed by atoms with Gasteiger partial charge < -0.3 is 9.47 Å². The molecule has 3 aromatic rings. The molecule has 2 unspecified atom stereocenters. The number of aryl methyl sites for hydroxylation is 1. The van der Waals surface area contributed by atoms with Gasteiger partial charge in [0.15, 0.2) is 0 Å². The van der Waals surface area contributed by atoms with Gasteiger partial charge in [0.2, 0.25) is 0 Å². The lowest BCUT2D eigenvalue weighted by Crippen LogP contribution is -2.46. The fourth-order valence-electron chi connectivity index (χ4n) is 6.68. The number of piperidine rings is 1. The highest BCUT2D eigenvalue weighted by Gasteiger charge is 2.44. The smallest absolute Gasteiger partial charge is 0.320 e. The maximum Gasteiger partial charge on any atom is 0.416 e. The number of hydrogen-bond acceptors (Lipinski definition) is 4. The van der Waals surface area contributed by atoms with Crippen molar-refractivity contribution in [2.24, 2.45) is 18.9 Å². The van der Waals surface area contributed by atoms with Crippen molar-refractivity contribution in [3.63, 3.8) is 0 Å². The number of carbonyl (C=O) groups is 1. The molecule has 3 heterocycles. The number of hydrogen-bond donors (Lipinski definition) is 0. The van der Waals surface area contributed by atoms with E-state index in [9.17, 15) is 26.7 Å². The molecule has 3 aliphatic rings. The molecule has 1 aliphatic carbocycles. The molecular weight excluding hydrogens is 553 g/mol. The van der Waals surface area contributed by atoms with Crippen LogP contribution in [0.3, 0.4) is 0 Å². The molecule has 0 bridgehead atoms. The van der Waals surface area contributed by atoms with E-state index in [-0.39, 0.29) is 43.1 Å². The zero-order chi connectivity index (χ0) is 30.0. The van der Waals surface area contributed by atoms with Crippen LogP contribution in [0, 0.1) is 11.8 Å². The molecule has 11 heteroatoms. The van der Waals surface area contributed by atoms with Crippen LogP contribution in [-0.2, 0) is 19.8 Å². The molecule has 0 N–H and O–H groups in total. The van der Waals surface area contributed by atoms with Crippen LogP contribution in [0.15, 0.2) is 42.7 Å². The number of halogens is 5. The molecule has 1 aromatic heterocycles. The van der Waals surface area contributed by atoms with Crippen LogP contribution in [0.1, 0.15) is 89.9 Å².